The number of alkyl halides is 2. The average molecular weight is 349 g/mol. The standard InChI is InChI=1S/C18H11F4NO2/c19-14-8-13(25-18(21)22)9-15(20)16(14)17(24)23-12-6-5-10-3-1-2-4-11(10)7-12/h1-9,18H,(H,23,24). The molecule has 0 aliphatic carbocycles. The summed E-state index contributed by atoms with van der Waals surface area (Å²) in [6.45, 7) is -3.23. The Labute approximate surface area is 139 Å². The molecular weight excluding hydrogens is 338 g/mol. The molecular formula is C18H11F4NO2. The molecule has 3 rings (SSSR count). The largest absolute Gasteiger partial charge is 0.435 e. The van der Waals surface area contributed by atoms with Gasteiger partial charge in [0, 0.05) is 17.8 Å². The van der Waals surface area contributed by atoms with Crippen LogP contribution in [0.15, 0.2) is 54.6 Å². The molecule has 0 bridgehead atoms. The van der Waals surface area contributed by atoms with Gasteiger partial charge in [-0.05, 0) is 22.9 Å². The number of ether oxygens (including phenoxy) is 1. The van der Waals surface area contributed by atoms with Gasteiger partial charge in [-0.25, -0.2) is 8.78 Å². The van der Waals surface area contributed by atoms with E-state index < -0.39 is 35.5 Å². The first-order chi connectivity index (χ1) is 11.9. The Morgan fingerprint density at radius 2 is 1.56 bits per heavy atom. The molecule has 0 radical (unpaired) electrons. The molecule has 128 valence electrons. The van der Waals surface area contributed by atoms with Crippen molar-refractivity contribution in [1.29, 1.82) is 0 Å². The van der Waals surface area contributed by atoms with Crippen LogP contribution in [0.5, 0.6) is 5.75 Å². The van der Waals surface area contributed by atoms with E-state index in [1.807, 2.05) is 24.3 Å². The van der Waals surface area contributed by atoms with Crippen molar-refractivity contribution in [1.82, 2.24) is 0 Å². The van der Waals surface area contributed by atoms with E-state index in [2.05, 4.69) is 10.1 Å². The number of carbonyl (C=O) groups excluding carboxylic acids is 1. The van der Waals surface area contributed by atoms with E-state index in [-0.39, 0.29) is 0 Å². The van der Waals surface area contributed by atoms with Gasteiger partial charge in [-0.1, -0.05) is 30.3 Å². The minimum Gasteiger partial charge on any atom is -0.435 e. The zero-order chi connectivity index (χ0) is 18.0. The summed E-state index contributed by atoms with van der Waals surface area (Å²) in [5.74, 6) is -4.33. The third-order valence-corrected chi connectivity index (χ3v) is 3.48. The maximum Gasteiger partial charge on any atom is 0.387 e. The van der Waals surface area contributed by atoms with Gasteiger partial charge < -0.3 is 10.1 Å². The van der Waals surface area contributed by atoms with Crippen LogP contribution in [0.2, 0.25) is 0 Å². The topological polar surface area (TPSA) is 38.3 Å². The van der Waals surface area contributed by atoms with Gasteiger partial charge in [-0.15, -0.1) is 0 Å². The van der Waals surface area contributed by atoms with Crippen LogP contribution in [-0.4, -0.2) is 12.5 Å². The maximum absolute atomic E-state index is 13.9. The van der Waals surface area contributed by atoms with Crippen molar-refractivity contribution in [2.45, 2.75) is 6.61 Å². The SMILES string of the molecule is O=C(Nc1ccc2ccccc2c1)c1c(F)cc(OC(F)F)cc1F. The number of hydrogen-bond donors (Lipinski definition) is 1. The van der Waals surface area contributed by atoms with Crippen molar-refractivity contribution in [3.05, 3.63) is 71.8 Å². The maximum atomic E-state index is 13.9. The molecule has 0 fully saturated rings. The fraction of sp³-hybridized carbons (Fsp3) is 0.0556. The lowest BCUT2D eigenvalue weighted by atomic mass is 10.1. The van der Waals surface area contributed by atoms with E-state index in [0.717, 1.165) is 10.8 Å². The van der Waals surface area contributed by atoms with Gasteiger partial charge in [-0.2, -0.15) is 8.78 Å². The molecule has 3 aromatic carbocycles. The third kappa shape index (κ3) is 3.71. The van der Waals surface area contributed by atoms with E-state index in [0.29, 0.717) is 17.8 Å². The first-order valence-electron chi connectivity index (χ1n) is 7.18. The number of benzene rings is 3. The third-order valence-electron chi connectivity index (χ3n) is 3.48. The first kappa shape index (κ1) is 16.8. The summed E-state index contributed by atoms with van der Waals surface area (Å²) in [6, 6.07) is 13.4. The molecule has 0 saturated heterocycles. The van der Waals surface area contributed by atoms with Gasteiger partial charge in [0.1, 0.15) is 22.9 Å². The van der Waals surface area contributed by atoms with Gasteiger partial charge in [0.15, 0.2) is 0 Å². The van der Waals surface area contributed by atoms with E-state index in [9.17, 15) is 22.4 Å². The Balaban J connectivity index is 1.87. The second-order valence-electron chi connectivity index (χ2n) is 5.16. The quantitative estimate of drug-likeness (QED) is 0.675. The highest BCUT2D eigenvalue weighted by Gasteiger charge is 2.20. The highest BCUT2D eigenvalue weighted by Crippen LogP contribution is 2.24. The minimum absolute atomic E-state index is 0.343. The van der Waals surface area contributed by atoms with Crippen LogP contribution in [0.3, 0.4) is 0 Å². The summed E-state index contributed by atoms with van der Waals surface area (Å²) in [7, 11) is 0. The normalized spacial score (nSPS) is 10.9. The van der Waals surface area contributed by atoms with E-state index in [4.69, 9.17) is 0 Å². The number of nitrogens with one attached hydrogen (secondary N) is 1. The molecule has 3 aromatic rings. The van der Waals surface area contributed by atoms with Crippen molar-refractivity contribution in [3.63, 3.8) is 0 Å². The Hall–Kier alpha value is -3.09. The number of amides is 1. The van der Waals surface area contributed by atoms with Crippen molar-refractivity contribution in [3.8, 4) is 5.75 Å². The lowest BCUT2D eigenvalue weighted by Gasteiger charge is -2.10. The highest BCUT2D eigenvalue weighted by atomic mass is 19.3. The van der Waals surface area contributed by atoms with Crippen molar-refractivity contribution in [2.75, 3.05) is 5.32 Å². The minimum atomic E-state index is -3.23. The number of anilines is 1. The Kier molecular flexibility index (Phi) is 4.56. The van der Waals surface area contributed by atoms with Crippen molar-refractivity contribution >= 4 is 22.4 Å². The van der Waals surface area contributed by atoms with Crippen LogP contribution >= 0.6 is 0 Å². The second kappa shape index (κ2) is 6.80. The molecule has 0 heterocycles. The van der Waals surface area contributed by atoms with Crippen LogP contribution in [0.25, 0.3) is 10.8 Å². The summed E-state index contributed by atoms with van der Waals surface area (Å²) in [4.78, 5) is 12.1. The molecule has 3 nitrogen and oxygen atoms in total. The van der Waals surface area contributed by atoms with Crippen LogP contribution in [-0.2, 0) is 0 Å². The van der Waals surface area contributed by atoms with Gasteiger partial charge in [0.05, 0.1) is 0 Å². The molecule has 0 saturated carbocycles. The number of hydrogen-bond acceptors (Lipinski definition) is 2. The molecule has 1 N–H and O–H groups in total. The Morgan fingerprint density at radius 3 is 2.20 bits per heavy atom. The lowest BCUT2D eigenvalue weighted by molar-refractivity contribution is -0.0501. The molecule has 0 spiro atoms. The summed E-state index contributed by atoms with van der Waals surface area (Å²) < 4.78 is 56.0. The molecule has 0 atom stereocenters. The van der Waals surface area contributed by atoms with Gasteiger partial charge in [-0.3, -0.25) is 4.79 Å². The molecule has 0 aliphatic rings. The second-order valence-corrected chi connectivity index (χ2v) is 5.16. The van der Waals surface area contributed by atoms with Gasteiger partial charge in [0.25, 0.3) is 5.91 Å². The fourth-order valence-electron chi connectivity index (χ4n) is 2.40. The van der Waals surface area contributed by atoms with E-state index in [1.165, 1.54) is 0 Å². The summed E-state index contributed by atoms with van der Waals surface area (Å²) in [5, 5.41) is 4.16. The van der Waals surface area contributed by atoms with E-state index in [1.54, 1.807) is 18.2 Å². The number of carbonyl (C=O) groups is 1. The molecule has 1 amide bonds. The highest BCUT2D eigenvalue weighted by molar-refractivity contribution is 6.05. The molecule has 25 heavy (non-hydrogen) atoms. The van der Waals surface area contributed by atoms with Crippen LogP contribution in [0.4, 0.5) is 23.2 Å². The number of rotatable bonds is 4. The molecule has 7 heteroatoms. The monoisotopic (exact) mass is 349 g/mol. The number of halogens is 4. The van der Waals surface area contributed by atoms with Crippen LogP contribution in [0, 0.1) is 11.6 Å². The zero-order valence-corrected chi connectivity index (χ0v) is 12.6. The summed E-state index contributed by atoms with van der Waals surface area (Å²) >= 11 is 0. The first-order valence-corrected chi connectivity index (χ1v) is 7.18. The van der Waals surface area contributed by atoms with Crippen LogP contribution in [0.1, 0.15) is 10.4 Å². The Bertz CT molecular complexity index is 920. The summed E-state index contributed by atoms with van der Waals surface area (Å²) in [6.07, 6.45) is 0. The smallest absolute Gasteiger partial charge is 0.387 e. The van der Waals surface area contributed by atoms with Crippen LogP contribution < -0.4 is 10.1 Å². The van der Waals surface area contributed by atoms with Crippen molar-refractivity contribution < 1.29 is 27.1 Å². The lowest BCUT2D eigenvalue weighted by Crippen LogP contribution is -2.16. The molecule has 0 aliphatic heterocycles. The average Bonchev–Trinajstić information content (AvgIpc) is 2.53. The zero-order valence-electron chi connectivity index (χ0n) is 12.6. The molecule has 0 unspecified atom stereocenters. The van der Waals surface area contributed by atoms with E-state index >= 15 is 0 Å². The predicted molar refractivity (Wildman–Crippen MR) is 84.9 cm³/mol. The molecule has 0 aromatic heterocycles. The van der Waals surface area contributed by atoms with Crippen molar-refractivity contribution in [2.24, 2.45) is 0 Å². The fourth-order valence-corrected chi connectivity index (χ4v) is 2.40. The predicted octanol–water partition coefficient (Wildman–Crippen LogP) is 4.97. The Morgan fingerprint density at radius 1 is 0.920 bits per heavy atom. The summed E-state index contributed by atoms with van der Waals surface area (Å²) in [5.41, 5.74) is -0.537. The van der Waals surface area contributed by atoms with Gasteiger partial charge in [0.2, 0.25) is 0 Å². The van der Waals surface area contributed by atoms with Gasteiger partial charge >= 0.3 is 6.61 Å². The number of fused-ring (bicyclic) bond motifs is 1.